The molecule has 2 atom stereocenters. The van der Waals surface area contributed by atoms with Crippen LogP contribution in [0.5, 0.6) is 0 Å². The molecule has 1 heterocycles. The molecule has 0 saturated heterocycles. The molecule has 140 valence electrons. The molecule has 0 aliphatic rings. The fraction of sp³-hybridized carbons (Fsp3) is 0.368. The molecule has 0 bridgehead atoms. The number of carboxylic acid groups (broad SMARTS) is 1. The van der Waals surface area contributed by atoms with Gasteiger partial charge in [-0.3, -0.25) is 4.79 Å². The van der Waals surface area contributed by atoms with Crippen molar-refractivity contribution in [2.24, 2.45) is 5.41 Å². The van der Waals surface area contributed by atoms with Crippen LogP contribution in [-0.2, 0) is 6.42 Å². The van der Waals surface area contributed by atoms with Crippen LogP contribution in [0.3, 0.4) is 0 Å². The zero-order valence-corrected chi connectivity index (χ0v) is 16.5. The van der Waals surface area contributed by atoms with E-state index >= 15 is 0 Å². The summed E-state index contributed by atoms with van der Waals surface area (Å²) in [4.78, 5) is 23.9. The minimum atomic E-state index is -1.13. The zero-order valence-electron chi connectivity index (χ0n) is 15.0. The average Bonchev–Trinajstić information content (AvgIpc) is 2.98. The monoisotopic (exact) mass is 422 g/mol. The summed E-state index contributed by atoms with van der Waals surface area (Å²) in [7, 11) is 0. The summed E-state index contributed by atoms with van der Waals surface area (Å²) in [5.41, 5.74) is 0.592. The Kier molecular flexibility index (Phi) is 6.47. The van der Waals surface area contributed by atoms with Crippen molar-refractivity contribution in [3.05, 3.63) is 58.5 Å². The van der Waals surface area contributed by atoms with Gasteiger partial charge in [-0.15, -0.1) is 0 Å². The Morgan fingerprint density at radius 2 is 1.77 bits per heavy atom. The van der Waals surface area contributed by atoms with E-state index in [9.17, 15) is 14.7 Å². The highest BCUT2D eigenvalue weighted by Gasteiger charge is 2.35. The van der Waals surface area contributed by atoms with E-state index in [2.05, 4.69) is 26.6 Å². The maximum absolute atomic E-state index is 12.6. The molecule has 7 heteroatoms. The number of hydrogen-bond acceptors (Lipinski definition) is 3. The highest BCUT2D eigenvalue weighted by atomic mass is 79.9. The first-order valence-corrected chi connectivity index (χ1v) is 9.05. The van der Waals surface area contributed by atoms with Gasteiger partial charge in [-0.1, -0.05) is 51.1 Å². The molecule has 6 nitrogen and oxygen atoms in total. The molecular weight excluding hydrogens is 400 g/mol. The number of nitrogens with one attached hydrogen (secondary N) is 2. The van der Waals surface area contributed by atoms with E-state index in [4.69, 9.17) is 4.42 Å². The van der Waals surface area contributed by atoms with Gasteiger partial charge < -0.3 is 20.2 Å². The minimum Gasteiger partial charge on any atom is -0.465 e. The number of benzene rings is 1. The lowest BCUT2D eigenvalue weighted by Crippen LogP contribution is -2.58. The number of hydrogen-bond donors (Lipinski definition) is 3. The first-order valence-electron chi connectivity index (χ1n) is 8.26. The van der Waals surface area contributed by atoms with Gasteiger partial charge in [0.1, 0.15) is 0 Å². The normalized spacial score (nSPS) is 13.7. The summed E-state index contributed by atoms with van der Waals surface area (Å²) in [6.07, 6.45) is -0.644. The van der Waals surface area contributed by atoms with Crippen molar-refractivity contribution in [2.45, 2.75) is 39.3 Å². The summed E-state index contributed by atoms with van der Waals surface area (Å²) >= 11 is 3.18. The fourth-order valence-electron chi connectivity index (χ4n) is 2.85. The van der Waals surface area contributed by atoms with Crippen molar-refractivity contribution in [1.29, 1.82) is 0 Å². The predicted molar refractivity (Wildman–Crippen MR) is 102 cm³/mol. The van der Waals surface area contributed by atoms with Gasteiger partial charge in [-0.05, 0) is 45.5 Å². The maximum Gasteiger partial charge on any atom is 0.404 e. The van der Waals surface area contributed by atoms with Crippen molar-refractivity contribution in [1.82, 2.24) is 10.6 Å². The molecule has 3 N–H and O–H groups in total. The van der Waals surface area contributed by atoms with E-state index in [1.807, 2.05) is 51.1 Å². The van der Waals surface area contributed by atoms with Gasteiger partial charge in [0.25, 0.3) is 5.91 Å². The van der Waals surface area contributed by atoms with E-state index in [0.29, 0.717) is 11.1 Å². The molecule has 2 aromatic rings. The number of furan rings is 1. The Labute approximate surface area is 161 Å². The fourth-order valence-corrected chi connectivity index (χ4v) is 3.16. The van der Waals surface area contributed by atoms with Crippen molar-refractivity contribution < 1.29 is 19.1 Å². The second kappa shape index (κ2) is 8.40. The van der Waals surface area contributed by atoms with Crippen LogP contribution in [0, 0.1) is 5.41 Å². The molecule has 0 fully saturated rings. The first-order chi connectivity index (χ1) is 12.2. The third-order valence-electron chi connectivity index (χ3n) is 4.03. The smallest absolute Gasteiger partial charge is 0.404 e. The lowest BCUT2D eigenvalue weighted by atomic mass is 9.80. The quantitative estimate of drug-likeness (QED) is 0.654. The van der Waals surface area contributed by atoms with Crippen LogP contribution in [0.25, 0.3) is 0 Å². The summed E-state index contributed by atoms with van der Waals surface area (Å²) in [6, 6.07) is 11.9. The molecule has 2 rings (SSSR count). The number of carbonyl (C=O) groups is 2. The van der Waals surface area contributed by atoms with Gasteiger partial charge in [-0.25, -0.2) is 4.79 Å². The standard InChI is InChI=1S/C19H23BrN2O4/c1-19(2,3)16(22-18(24)25)13(11-12-7-5-4-6-8-12)21-17(23)14-9-10-15(20)26-14/h4-10,13,16,22H,11H2,1-3H3,(H,21,23)(H,24,25). The van der Waals surface area contributed by atoms with Crippen LogP contribution in [-0.4, -0.2) is 29.2 Å². The summed E-state index contributed by atoms with van der Waals surface area (Å²) in [5.74, 6) is -0.226. The average molecular weight is 423 g/mol. The molecule has 0 aliphatic carbocycles. The molecule has 0 spiro atoms. The zero-order chi connectivity index (χ0) is 19.3. The van der Waals surface area contributed by atoms with E-state index in [0.717, 1.165) is 5.56 Å². The molecule has 0 radical (unpaired) electrons. The third kappa shape index (κ3) is 5.62. The molecule has 0 aliphatic heterocycles. The molecular formula is C19H23BrN2O4. The Morgan fingerprint density at radius 3 is 2.27 bits per heavy atom. The van der Waals surface area contributed by atoms with E-state index < -0.39 is 29.5 Å². The van der Waals surface area contributed by atoms with Crippen LogP contribution in [0.15, 0.2) is 51.6 Å². The Morgan fingerprint density at radius 1 is 1.12 bits per heavy atom. The Bertz CT molecular complexity index is 752. The highest BCUT2D eigenvalue weighted by Crippen LogP contribution is 2.24. The Hall–Kier alpha value is -2.28. The van der Waals surface area contributed by atoms with Gasteiger partial charge in [0.2, 0.25) is 0 Å². The number of halogens is 1. The summed E-state index contributed by atoms with van der Waals surface area (Å²) < 4.78 is 5.77. The number of rotatable bonds is 6. The van der Waals surface area contributed by atoms with Gasteiger partial charge in [0, 0.05) is 0 Å². The summed E-state index contributed by atoms with van der Waals surface area (Å²) in [5, 5.41) is 14.8. The van der Waals surface area contributed by atoms with Crippen LogP contribution >= 0.6 is 15.9 Å². The van der Waals surface area contributed by atoms with Gasteiger partial charge in [-0.2, -0.15) is 0 Å². The van der Waals surface area contributed by atoms with Crippen LogP contribution in [0.2, 0.25) is 0 Å². The number of amides is 2. The topological polar surface area (TPSA) is 91.6 Å². The van der Waals surface area contributed by atoms with Crippen molar-refractivity contribution in [3.63, 3.8) is 0 Å². The lowest BCUT2D eigenvalue weighted by Gasteiger charge is -2.37. The molecule has 0 saturated carbocycles. The second-order valence-corrected chi connectivity index (χ2v) is 7.95. The van der Waals surface area contributed by atoms with Crippen LogP contribution < -0.4 is 10.6 Å². The lowest BCUT2D eigenvalue weighted by molar-refractivity contribution is 0.0872. The van der Waals surface area contributed by atoms with E-state index in [1.54, 1.807) is 12.1 Å². The van der Waals surface area contributed by atoms with Gasteiger partial charge >= 0.3 is 6.09 Å². The third-order valence-corrected chi connectivity index (χ3v) is 4.45. The SMILES string of the molecule is CC(C)(C)C(NC(=O)O)C(Cc1ccccc1)NC(=O)c1ccc(Br)o1. The van der Waals surface area contributed by atoms with Crippen LogP contribution in [0.1, 0.15) is 36.9 Å². The number of carbonyl (C=O) groups excluding carboxylic acids is 1. The summed E-state index contributed by atoms with van der Waals surface area (Å²) in [6.45, 7) is 5.80. The predicted octanol–water partition coefficient (Wildman–Crippen LogP) is 4.07. The maximum atomic E-state index is 12.6. The van der Waals surface area contributed by atoms with Crippen molar-refractivity contribution in [3.8, 4) is 0 Å². The largest absolute Gasteiger partial charge is 0.465 e. The van der Waals surface area contributed by atoms with E-state index in [1.165, 1.54) is 0 Å². The Balaban J connectivity index is 2.30. The molecule has 1 aromatic carbocycles. The molecule has 2 amide bonds. The van der Waals surface area contributed by atoms with Crippen molar-refractivity contribution >= 4 is 27.9 Å². The van der Waals surface area contributed by atoms with Gasteiger partial charge in [0.05, 0.1) is 12.1 Å². The second-order valence-electron chi connectivity index (χ2n) is 7.17. The minimum absolute atomic E-state index is 0.165. The molecule has 2 unspecified atom stereocenters. The first kappa shape index (κ1) is 20.0. The van der Waals surface area contributed by atoms with E-state index in [-0.39, 0.29) is 5.76 Å². The van der Waals surface area contributed by atoms with Crippen molar-refractivity contribution in [2.75, 3.05) is 0 Å². The molecule has 26 heavy (non-hydrogen) atoms. The van der Waals surface area contributed by atoms with Gasteiger partial charge in [0.15, 0.2) is 10.4 Å². The van der Waals surface area contributed by atoms with Crippen LogP contribution in [0.4, 0.5) is 4.79 Å². The molecule has 1 aromatic heterocycles. The highest BCUT2D eigenvalue weighted by molar-refractivity contribution is 9.10.